The van der Waals surface area contributed by atoms with E-state index in [4.69, 9.17) is 4.74 Å². The fourth-order valence-electron chi connectivity index (χ4n) is 1.48. The minimum Gasteiger partial charge on any atom is -0.371 e. The van der Waals surface area contributed by atoms with Crippen LogP contribution in [0, 0.1) is 0 Å². The highest BCUT2D eigenvalue weighted by Crippen LogP contribution is 2.07. The Kier molecular flexibility index (Phi) is 6.74. The number of nitrogens with one attached hydrogen (secondary N) is 1. The molecule has 1 aromatic carbocycles. The first-order valence-electron chi connectivity index (χ1n) is 5.86. The molecule has 96 valence electrons. The Morgan fingerprint density at radius 2 is 1.82 bits per heavy atom. The third kappa shape index (κ3) is 6.34. The Morgan fingerprint density at radius 1 is 1.18 bits per heavy atom. The Bertz CT molecular complexity index is 301. The summed E-state index contributed by atoms with van der Waals surface area (Å²) in [5, 5.41) is 3.25. The van der Waals surface area contributed by atoms with Crippen molar-refractivity contribution in [3.05, 3.63) is 35.4 Å². The first-order valence-corrected chi connectivity index (χ1v) is 5.86. The van der Waals surface area contributed by atoms with E-state index in [-0.39, 0.29) is 6.61 Å². The Labute approximate surface area is 101 Å². The predicted octanol–water partition coefficient (Wildman–Crippen LogP) is 2.62. The fourth-order valence-corrected chi connectivity index (χ4v) is 1.48. The summed E-state index contributed by atoms with van der Waals surface area (Å²) >= 11 is 0. The molecule has 17 heavy (non-hydrogen) atoms. The van der Waals surface area contributed by atoms with Crippen LogP contribution in [0.4, 0.5) is 8.78 Å². The molecule has 0 aliphatic heterocycles. The molecule has 0 radical (unpaired) electrons. The third-order valence-electron chi connectivity index (χ3n) is 2.38. The van der Waals surface area contributed by atoms with E-state index in [1.165, 1.54) is 5.56 Å². The van der Waals surface area contributed by atoms with Gasteiger partial charge < -0.3 is 10.1 Å². The van der Waals surface area contributed by atoms with Crippen LogP contribution < -0.4 is 5.32 Å². The topological polar surface area (TPSA) is 21.3 Å². The first-order chi connectivity index (χ1) is 8.22. The largest absolute Gasteiger partial charge is 0.371 e. The van der Waals surface area contributed by atoms with Crippen molar-refractivity contribution < 1.29 is 13.5 Å². The number of alkyl halides is 2. The molecule has 0 saturated heterocycles. The van der Waals surface area contributed by atoms with E-state index >= 15 is 0 Å². The molecule has 1 rings (SSSR count). The van der Waals surface area contributed by atoms with Crippen molar-refractivity contribution in [3.8, 4) is 0 Å². The molecule has 0 spiro atoms. The molecule has 0 amide bonds. The van der Waals surface area contributed by atoms with Gasteiger partial charge in [-0.3, -0.25) is 0 Å². The van der Waals surface area contributed by atoms with Crippen molar-refractivity contribution in [3.63, 3.8) is 0 Å². The molecule has 0 bridgehead atoms. The molecular weight excluding hydrogens is 224 g/mol. The Balaban J connectivity index is 2.29. The zero-order valence-electron chi connectivity index (χ0n) is 10.1. The number of rotatable bonds is 8. The van der Waals surface area contributed by atoms with Crippen LogP contribution in [0.1, 0.15) is 18.1 Å². The summed E-state index contributed by atoms with van der Waals surface area (Å²) in [4.78, 5) is 0. The lowest BCUT2D eigenvalue weighted by molar-refractivity contribution is 0.00988. The smallest absolute Gasteiger partial charge is 0.261 e. The van der Waals surface area contributed by atoms with Crippen LogP contribution in [0.5, 0.6) is 0 Å². The van der Waals surface area contributed by atoms with E-state index < -0.39 is 13.0 Å². The predicted molar refractivity (Wildman–Crippen MR) is 64.3 cm³/mol. The van der Waals surface area contributed by atoms with Crippen molar-refractivity contribution in [2.75, 3.05) is 19.7 Å². The van der Waals surface area contributed by atoms with Gasteiger partial charge in [0.1, 0.15) is 6.61 Å². The van der Waals surface area contributed by atoms with Crippen LogP contribution in [0.25, 0.3) is 0 Å². The molecule has 0 unspecified atom stereocenters. The number of likely N-dealkylation sites (N-methyl/N-ethyl adjacent to an activating group) is 1. The van der Waals surface area contributed by atoms with Crippen molar-refractivity contribution in [1.82, 2.24) is 5.32 Å². The summed E-state index contributed by atoms with van der Waals surface area (Å²) in [5.74, 6) is 0. The molecule has 0 aromatic heterocycles. The van der Waals surface area contributed by atoms with Crippen LogP contribution in [0.15, 0.2) is 24.3 Å². The van der Waals surface area contributed by atoms with Gasteiger partial charge in [-0.15, -0.1) is 0 Å². The zero-order chi connectivity index (χ0) is 12.5. The van der Waals surface area contributed by atoms with Gasteiger partial charge in [-0.25, -0.2) is 8.78 Å². The second-order valence-electron chi connectivity index (χ2n) is 3.83. The maximum absolute atomic E-state index is 11.8. The normalized spacial score (nSPS) is 11.1. The van der Waals surface area contributed by atoms with E-state index in [1.807, 2.05) is 24.3 Å². The van der Waals surface area contributed by atoms with Gasteiger partial charge in [-0.05, 0) is 30.6 Å². The van der Waals surface area contributed by atoms with Crippen molar-refractivity contribution >= 4 is 0 Å². The number of hydrogen-bond donors (Lipinski definition) is 1. The minimum absolute atomic E-state index is 0.248. The van der Waals surface area contributed by atoms with Gasteiger partial charge in [0.15, 0.2) is 0 Å². The number of halogens is 2. The average molecular weight is 243 g/mol. The highest BCUT2D eigenvalue weighted by atomic mass is 19.3. The SMILES string of the molecule is CCNCCc1ccc(COCC(F)F)cc1. The van der Waals surface area contributed by atoms with Gasteiger partial charge in [0.2, 0.25) is 0 Å². The van der Waals surface area contributed by atoms with Gasteiger partial charge in [-0.2, -0.15) is 0 Å². The summed E-state index contributed by atoms with van der Waals surface area (Å²) in [5.41, 5.74) is 2.17. The summed E-state index contributed by atoms with van der Waals surface area (Å²) in [7, 11) is 0. The van der Waals surface area contributed by atoms with E-state index in [1.54, 1.807) is 0 Å². The lowest BCUT2D eigenvalue weighted by atomic mass is 10.1. The fraction of sp³-hybridized carbons (Fsp3) is 0.538. The molecule has 0 saturated carbocycles. The Hall–Kier alpha value is -1.00. The van der Waals surface area contributed by atoms with Crippen LogP contribution >= 0.6 is 0 Å². The molecule has 0 heterocycles. The van der Waals surface area contributed by atoms with Crippen molar-refractivity contribution in [1.29, 1.82) is 0 Å². The number of ether oxygens (including phenoxy) is 1. The minimum atomic E-state index is -2.39. The van der Waals surface area contributed by atoms with Crippen molar-refractivity contribution in [2.24, 2.45) is 0 Å². The van der Waals surface area contributed by atoms with E-state index in [0.29, 0.717) is 0 Å². The van der Waals surface area contributed by atoms with Crippen LogP contribution in [0.2, 0.25) is 0 Å². The van der Waals surface area contributed by atoms with Gasteiger partial charge in [0, 0.05) is 0 Å². The summed E-state index contributed by atoms with van der Waals surface area (Å²) < 4.78 is 28.5. The molecule has 2 nitrogen and oxygen atoms in total. The summed E-state index contributed by atoms with van der Waals surface area (Å²) in [6.07, 6.45) is -1.42. The maximum Gasteiger partial charge on any atom is 0.261 e. The van der Waals surface area contributed by atoms with Crippen LogP contribution in [0.3, 0.4) is 0 Å². The van der Waals surface area contributed by atoms with Crippen molar-refractivity contribution in [2.45, 2.75) is 26.4 Å². The lowest BCUT2D eigenvalue weighted by Gasteiger charge is -2.06. The van der Waals surface area contributed by atoms with Gasteiger partial charge in [0.25, 0.3) is 6.43 Å². The van der Waals surface area contributed by atoms with Gasteiger partial charge in [-0.1, -0.05) is 31.2 Å². The van der Waals surface area contributed by atoms with E-state index in [9.17, 15) is 8.78 Å². The highest BCUT2D eigenvalue weighted by molar-refractivity contribution is 5.22. The zero-order valence-corrected chi connectivity index (χ0v) is 10.1. The van der Waals surface area contributed by atoms with Crippen LogP contribution in [-0.4, -0.2) is 26.1 Å². The lowest BCUT2D eigenvalue weighted by Crippen LogP contribution is -2.15. The quantitative estimate of drug-likeness (QED) is 0.709. The maximum atomic E-state index is 11.8. The second-order valence-corrected chi connectivity index (χ2v) is 3.83. The molecule has 4 heteroatoms. The van der Waals surface area contributed by atoms with Gasteiger partial charge >= 0.3 is 0 Å². The standard InChI is InChI=1S/C13H19F2NO/c1-2-16-8-7-11-3-5-12(6-4-11)9-17-10-13(14)15/h3-6,13,16H,2,7-10H2,1H3. The first kappa shape index (κ1) is 14.1. The molecule has 0 aliphatic rings. The second kappa shape index (κ2) is 8.14. The number of hydrogen-bond acceptors (Lipinski definition) is 2. The highest BCUT2D eigenvalue weighted by Gasteiger charge is 2.02. The molecule has 1 N–H and O–H groups in total. The summed E-state index contributed by atoms with van der Waals surface area (Å²) in [6, 6.07) is 7.87. The molecule has 0 atom stereocenters. The van der Waals surface area contributed by atoms with Crippen LogP contribution in [-0.2, 0) is 17.8 Å². The van der Waals surface area contributed by atoms with Gasteiger partial charge in [0.05, 0.1) is 6.61 Å². The molecule has 0 fully saturated rings. The molecule has 1 aromatic rings. The monoisotopic (exact) mass is 243 g/mol. The number of benzene rings is 1. The average Bonchev–Trinajstić information content (AvgIpc) is 2.31. The van der Waals surface area contributed by atoms with E-state index in [2.05, 4.69) is 12.2 Å². The summed E-state index contributed by atoms with van der Waals surface area (Å²) in [6.45, 7) is 3.75. The Morgan fingerprint density at radius 3 is 2.41 bits per heavy atom. The molecule has 0 aliphatic carbocycles. The molecular formula is C13H19F2NO. The van der Waals surface area contributed by atoms with E-state index in [0.717, 1.165) is 25.1 Å². The third-order valence-corrected chi connectivity index (χ3v) is 2.38.